The van der Waals surface area contributed by atoms with Crippen LogP contribution >= 0.6 is 15.9 Å². The molecule has 1 aliphatic heterocycles. The third-order valence-corrected chi connectivity index (χ3v) is 2.20. The molecular formula is C5H9BrN4. The lowest BCUT2D eigenvalue weighted by atomic mass is 10.2. The first-order chi connectivity index (χ1) is 4.84. The van der Waals surface area contributed by atoms with E-state index in [0.717, 1.165) is 12.8 Å². The summed E-state index contributed by atoms with van der Waals surface area (Å²) in [6, 6.07) is 0. The Kier molecular flexibility index (Phi) is 2.92. The summed E-state index contributed by atoms with van der Waals surface area (Å²) in [6.45, 7) is 2.12. The van der Waals surface area contributed by atoms with E-state index in [2.05, 4.69) is 43.5 Å². The van der Waals surface area contributed by atoms with Crippen molar-refractivity contribution in [1.82, 2.24) is 0 Å². The third-order valence-electron chi connectivity index (χ3n) is 1.27. The van der Waals surface area contributed by atoms with Gasteiger partial charge in [-0.15, -0.1) is 10.2 Å². The average Bonchev–Trinajstić information content (AvgIpc) is 2.38. The number of alkyl halides is 1. The Morgan fingerprint density at radius 1 is 1.40 bits per heavy atom. The minimum atomic E-state index is -0.0834. The van der Waals surface area contributed by atoms with E-state index >= 15 is 0 Å². The van der Waals surface area contributed by atoms with E-state index in [1.54, 1.807) is 0 Å². The van der Waals surface area contributed by atoms with Gasteiger partial charge >= 0.3 is 0 Å². The van der Waals surface area contributed by atoms with Crippen molar-refractivity contribution in [2.45, 2.75) is 30.8 Å². The molecule has 0 bridgehead atoms. The Labute approximate surface area is 67.9 Å². The number of hydrogen-bond donors (Lipinski definition) is 0. The second-order valence-electron chi connectivity index (χ2n) is 2.13. The highest BCUT2D eigenvalue weighted by atomic mass is 79.9. The van der Waals surface area contributed by atoms with Gasteiger partial charge in [-0.05, 0) is 16.9 Å². The summed E-state index contributed by atoms with van der Waals surface area (Å²) in [4.78, 5) is 0.299. The van der Waals surface area contributed by atoms with Gasteiger partial charge in [-0.3, -0.25) is 0 Å². The second-order valence-corrected chi connectivity index (χ2v) is 3.30. The maximum absolute atomic E-state index is 3.80. The quantitative estimate of drug-likeness (QED) is 0.636. The topological polar surface area (TPSA) is 49.4 Å². The van der Waals surface area contributed by atoms with E-state index in [9.17, 15) is 0 Å². The molecule has 0 amide bonds. The summed E-state index contributed by atoms with van der Waals surface area (Å²) in [6.07, 6.45) is 2.10. The number of hydrogen-bond acceptors (Lipinski definition) is 4. The van der Waals surface area contributed by atoms with E-state index in [4.69, 9.17) is 0 Å². The van der Waals surface area contributed by atoms with Crippen LogP contribution in [0.15, 0.2) is 20.7 Å². The predicted octanol–water partition coefficient (Wildman–Crippen LogP) is 2.71. The largest absolute Gasteiger partial charge is 0.197 e. The van der Waals surface area contributed by atoms with Crippen molar-refractivity contribution in [2.75, 3.05) is 0 Å². The molecular weight excluding hydrogens is 196 g/mol. The van der Waals surface area contributed by atoms with E-state index < -0.39 is 0 Å². The molecule has 56 valence electrons. The van der Waals surface area contributed by atoms with Gasteiger partial charge in [0.2, 0.25) is 0 Å². The summed E-state index contributed by atoms with van der Waals surface area (Å²) >= 11 is 3.46. The normalized spacial score (nSPS) is 20.2. The number of nitrogens with zero attached hydrogens (tertiary/aromatic N) is 4. The highest BCUT2D eigenvalue weighted by Crippen LogP contribution is 2.19. The van der Waals surface area contributed by atoms with Crippen LogP contribution in [0.3, 0.4) is 0 Å². The molecule has 1 atom stereocenters. The van der Waals surface area contributed by atoms with Crippen molar-refractivity contribution in [3.8, 4) is 0 Å². The van der Waals surface area contributed by atoms with Crippen molar-refractivity contribution in [3.63, 3.8) is 0 Å². The maximum atomic E-state index is 3.80. The molecule has 10 heavy (non-hydrogen) atoms. The number of halogens is 1. The molecule has 0 saturated carbocycles. The highest BCUT2D eigenvalue weighted by molar-refractivity contribution is 9.09. The van der Waals surface area contributed by atoms with Gasteiger partial charge in [0.05, 0.1) is 4.83 Å². The molecule has 5 heteroatoms. The zero-order valence-corrected chi connectivity index (χ0v) is 7.32. The lowest BCUT2D eigenvalue weighted by Crippen LogP contribution is -2.13. The predicted molar refractivity (Wildman–Crippen MR) is 41.1 cm³/mol. The molecule has 0 radical (unpaired) electrons. The summed E-state index contributed by atoms with van der Waals surface area (Å²) in [5.41, 5.74) is 0. The Balaban J connectivity index is 2.33. The van der Waals surface area contributed by atoms with Crippen LogP contribution in [0.25, 0.3) is 0 Å². The molecule has 0 fully saturated rings. The van der Waals surface area contributed by atoms with Crippen molar-refractivity contribution >= 4 is 15.9 Å². The van der Waals surface area contributed by atoms with Gasteiger partial charge in [0.1, 0.15) is 0 Å². The van der Waals surface area contributed by atoms with E-state index in [0.29, 0.717) is 4.83 Å². The van der Waals surface area contributed by atoms with Crippen LogP contribution in [0.1, 0.15) is 19.8 Å². The third kappa shape index (κ3) is 1.83. The van der Waals surface area contributed by atoms with Crippen molar-refractivity contribution in [2.24, 2.45) is 20.7 Å². The molecule has 0 spiro atoms. The lowest BCUT2D eigenvalue weighted by molar-refractivity contribution is 0.618. The summed E-state index contributed by atoms with van der Waals surface area (Å²) in [5.74, 6) is 0. The lowest BCUT2D eigenvalue weighted by Gasteiger charge is -2.06. The fourth-order valence-electron chi connectivity index (χ4n) is 0.745. The Morgan fingerprint density at radius 3 is 2.50 bits per heavy atom. The molecule has 0 N–H and O–H groups in total. The zero-order chi connectivity index (χ0) is 7.40. The maximum Gasteiger partial charge on any atom is 0.197 e. The van der Waals surface area contributed by atoms with Crippen LogP contribution in [0.2, 0.25) is 0 Å². The SMILES string of the molecule is CCCC(Br)C1N=NN=N1. The zero-order valence-electron chi connectivity index (χ0n) is 5.74. The van der Waals surface area contributed by atoms with Crippen LogP contribution in [0.5, 0.6) is 0 Å². The minimum absolute atomic E-state index is 0.0834. The first-order valence-corrected chi connectivity index (χ1v) is 4.20. The Hall–Kier alpha value is -0.320. The van der Waals surface area contributed by atoms with E-state index in [1.807, 2.05) is 0 Å². The first kappa shape index (κ1) is 7.78. The molecule has 0 saturated heterocycles. The second kappa shape index (κ2) is 3.75. The van der Waals surface area contributed by atoms with Gasteiger partial charge in [0.25, 0.3) is 0 Å². The van der Waals surface area contributed by atoms with Crippen LogP contribution in [0.4, 0.5) is 0 Å². The van der Waals surface area contributed by atoms with Gasteiger partial charge in [-0.1, -0.05) is 29.3 Å². The summed E-state index contributed by atoms with van der Waals surface area (Å²) in [7, 11) is 0. The smallest absolute Gasteiger partial charge is 0.137 e. The fraction of sp³-hybridized carbons (Fsp3) is 1.00. The molecule has 0 aromatic carbocycles. The van der Waals surface area contributed by atoms with Crippen molar-refractivity contribution in [3.05, 3.63) is 0 Å². The van der Waals surface area contributed by atoms with Gasteiger partial charge in [0, 0.05) is 0 Å². The highest BCUT2D eigenvalue weighted by Gasteiger charge is 2.18. The molecule has 1 heterocycles. The minimum Gasteiger partial charge on any atom is -0.137 e. The monoisotopic (exact) mass is 204 g/mol. The Bertz CT molecular complexity index is 144. The standard InChI is InChI=1S/C5H9BrN4/c1-2-3-4(6)5-7-9-10-8-5/h4-5H,2-3H2,1H3. The van der Waals surface area contributed by atoms with Gasteiger partial charge in [-0.25, -0.2) is 0 Å². The van der Waals surface area contributed by atoms with Crippen molar-refractivity contribution in [1.29, 1.82) is 0 Å². The molecule has 0 aliphatic carbocycles. The Morgan fingerprint density at radius 2 is 2.00 bits per heavy atom. The van der Waals surface area contributed by atoms with Crippen LogP contribution in [-0.4, -0.2) is 11.0 Å². The molecule has 1 unspecified atom stereocenters. The van der Waals surface area contributed by atoms with E-state index in [1.165, 1.54) is 0 Å². The molecule has 1 aliphatic rings. The molecule has 0 aromatic heterocycles. The van der Waals surface area contributed by atoms with Crippen LogP contribution in [-0.2, 0) is 0 Å². The van der Waals surface area contributed by atoms with Gasteiger partial charge < -0.3 is 0 Å². The fourth-order valence-corrected chi connectivity index (χ4v) is 1.41. The summed E-state index contributed by atoms with van der Waals surface area (Å²) in [5, 5.41) is 14.4. The first-order valence-electron chi connectivity index (χ1n) is 3.28. The van der Waals surface area contributed by atoms with Gasteiger partial charge in [0.15, 0.2) is 6.17 Å². The van der Waals surface area contributed by atoms with Crippen molar-refractivity contribution < 1.29 is 0 Å². The number of rotatable bonds is 3. The molecule has 1 rings (SSSR count). The van der Waals surface area contributed by atoms with Gasteiger partial charge in [-0.2, -0.15) is 0 Å². The van der Waals surface area contributed by atoms with E-state index in [-0.39, 0.29) is 6.17 Å². The van der Waals surface area contributed by atoms with Crippen LogP contribution in [0, 0.1) is 0 Å². The van der Waals surface area contributed by atoms with Crippen LogP contribution < -0.4 is 0 Å². The molecule has 0 aromatic rings. The average molecular weight is 205 g/mol. The summed E-state index contributed by atoms with van der Waals surface area (Å²) < 4.78 is 0. The molecule has 4 nitrogen and oxygen atoms in total.